The third-order valence-corrected chi connectivity index (χ3v) is 15.3. The van der Waals surface area contributed by atoms with E-state index in [9.17, 15) is 14.4 Å². The molecule has 0 fully saturated rings. The average Bonchev–Trinajstić information content (AvgIpc) is 3.43. The van der Waals surface area contributed by atoms with Crippen LogP contribution in [0.2, 0.25) is 0 Å². The number of hydrogen-bond donors (Lipinski definition) is 0. The van der Waals surface area contributed by atoms with Crippen LogP contribution in [0.4, 0.5) is 0 Å². The second-order valence-corrected chi connectivity index (χ2v) is 23.1. The molecule has 0 saturated heterocycles. The van der Waals surface area contributed by atoms with Gasteiger partial charge >= 0.3 is 17.9 Å². The van der Waals surface area contributed by atoms with E-state index in [1.807, 2.05) is 0 Å². The maximum absolute atomic E-state index is 12.9. The minimum Gasteiger partial charge on any atom is -0.462 e. The lowest BCUT2D eigenvalue weighted by Gasteiger charge is -2.18. The Labute approximate surface area is 479 Å². The molecule has 0 aliphatic heterocycles. The van der Waals surface area contributed by atoms with Gasteiger partial charge < -0.3 is 14.2 Å². The van der Waals surface area contributed by atoms with Gasteiger partial charge in [0.25, 0.3) is 0 Å². The third-order valence-electron chi connectivity index (χ3n) is 15.3. The summed E-state index contributed by atoms with van der Waals surface area (Å²) < 4.78 is 17.0. The van der Waals surface area contributed by atoms with E-state index in [1.165, 1.54) is 257 Å². The quantitative estimate of drug-likeness (QED) is 0.0261. The molecule has 0 spiro atoms. The Bertz CT molecular complexity index is 1330. The SMILES string of the molecule is CCCCC/C=C\C/C=C\CCCCCCCCCCCC(=O)OC(COC(=O)CCCCCCCCCCCCC/C=C\C/C=C\CCCCCCC)COC(=O)CCCCCCCCCCCCCCCCCCC. The van der Waals surface area contributed by atoms with Gasteiger partial charge in [0.05, 0.1) is 0 Å². The van der Waals surface area contributed by atoms with E-state index >= 15 is 0 Å². The van der Waals surface area contributed by atoms with Gasteiger partial charge in [-0.05, 0) is 83.5 Å². The van der Waals surface area contributed by atoms with Crippen LogP contribution < -0.4 is 0 Å². The number of ether oxygens (including phenoxy) is 3. The summed E-state index contributed by atoms with van der Waals surface area (Å²) in [7, 11) is 0. The molecule has 0 N–H and O–H groups in total. The summed E-state index contributed by atoms with van der Waals surface area (Å²) in [6, 6.07) is 0. The maximum atomic E-state index is 12.9. The minimum absolute atomic E-state index is 0.0710. The molecule has 1 atom stereocenters. The number of rotatable bonds is 63. The van der Waals surface area contributed by atoms with Gasteiger partial charge in [-0.2, -0.15) is 0 Å². The molecule has 6 nitrogen and oxygen atoms in total. The molecule has 77 heavy (non-hydrogen) atoms. The van der Waals surface area contributed by atoms with Crippen LogP contribution in [-0.4, -0.2) is 37.2 Å². The van der Waals surface area contributed by atoms with Crippen molar-refractivity contribution < 1.29 is 28.6 Å². The molecule has 6 heteroatoms. The monoisotopic (exact) mass is 1080 g/mol. The summed E-state index contributed by atoms with van der Waals surface area (Å²) >= 11 is 0. The largest absolute Gasteiger partial charge is 0.462 e. The van der Waals surface area contributed by atoms with Crippen LogP contribution in [0.15, 0.2) is 48.6 Å². The van der Waals surface area contributed by atoms with Gasteiger partial charge in [0.2, 0.25) is 0 Å². The number of hydrogen-bond acceptors (Lipinski definition) is 6. The number of unbranched alkanes of at least 4 members (excludes halogenated alkanes) is 44. The van der Waals surface area contributed by atoms with E-state index < -0.39 is 6.10 Å². The van der Waals surface area contributed by atoms with Crippen molar-refractivity contribution in [2.75, 3.05) is 13.2 Å². The topological polar surface area (TPSA) is 78.9 Å². The molecule has 0 aromatic rings. The Morgan fingerprint density at radius 3 is 0.740 bits per heavy atom. The second-order valence-electron chi connectivity index (χ2n) is 23.1. The summed E-state index contributed by atoms with van der Waals surface area (Å²) in [4.78, 5) is 38.4. The highest BCUT2D eigenvalue weighted by Gasteiger charge is 2.19. The zero-order chi connectivity index (χ0) is 55.7. The Morgan fingerprint density at radius 2 is 0.468 bits per heavy atom. The number of esters is 3. The Hall–Kier alpha value is -2.63. The van der Waals surface area contributed by atoms with E-state index in [-0.39, 0.29) is 31.1 Å². The third kappa shape index (κ3) is 64.1. The van der Waals surface area contributed by atoms with Crippen molar-refractivity contribution in [3.05, 3.63) is 48.6 Å². The highest BCUT2D eigenvalue weighted by Crippen LogP contribution is 2.18. The van der Waals surface area contributed by atoms with Crippen molar-refractivity contribution in [3.8, 4) is 0 Å². The fourth-order valence-electron chi connectivity index (χ4n) is 10.2. The first kappa shape index (κ1) is 74.4. The molecule has 0 aliphatic carbocycles. The zero-order valence-electron chi connectivity index (χ0n) is 51.7. The molecule has 1 unspecified atom stereocenters. The molecule has 0 rings (SSSR count). The van der Waals surface area contributed by atoms with E-state index in [0.29, 0.717) is 19.3 Å². The maximum Gasteiger partial charge on any atom is 0.306 e. The standard InChI is InChI=1S/C71H130O6/c1-4-7-10-13-16-19-22-25-28-31-33-34-35-36-38-40-43-46-49-52-55-58-61-64-70(73)76-67-68(66-75-69(72)63-60-57-54-51-48-45-42-39-30-27-24-21-18-15-12-9-6-3)77-71(74)65-62-59-56-53-50-47-44-41-37-32-29-26-23-20-17-14-11-8-5-2/h17,20,22,25-26,29,31,33,68H,4-16,18-19,21,23-24,27-28,30,32,34-67H2,1-3H3/b20-17-,25-22-,29-26-,33-31-. The van der Waals surface area contributed by atoms with Crippen LogP contribution in [0.3, 0.4) is 0 Å². The predicted octanol–water partition coefficient (Wildman–Crippen LogP) is 23.3. The molecule has 450 valence electrons. The molecular formula is C71H130O6. The molecule has 0 saturated carbocycles. The highest BCUT2D eigenvalue weighted by atomic mass is 16.6. The van der Waals surface area contributed by atoms with Gasteiger partial charge in [0, 0.05) is 19.3 Å². The number of carbonyl (C=O) groups is 3. The Kier molecular flexibility index (Phi) is 63.6. The lowest BCUT2D eigenvalue weighted by molar-refractivity contribution is -0.167. The first-order valence-corrected chi connectivity index (χ1v) is 34.1. The van der Waals surface area contributed by atoms with E-state index in [1.54, 1.807) is 0 Å². The molecule has 0 aliphatic rings. The van der Waals surface area contributed by atoms with Gasteiger partial charge in [0.1, 0.15) is 13.2 Å². The summed E-state index contributed by atoms with van der Waals surface area (Å²) in [5.74, 6) is -0.852. The lowest BCUT2D eigenvalue weighted by Crippen LogP contribution is -2.30. The molecule has 0 amide bonds. The smallest absolute Gasteiger partial charge is 0.306 e. The number of carbonyl (C=O) groups excluding carboxylic acids is 3. The summed E-state index contributed by atoms with van der Waals surface area (Å²) in [6.07, 6.45) is 82.6. The van der Waals surface area contributed by atoms with Crippen molar-refractivity contribution in [3.63, 3.8) is 0 Å². The van der Waals surface area contributed by atoms with Crippen molar-refractivity contribution in [2.45, 2.75) is 374 Å². The normalized spacial score (nSPS) is 12.3. The summed E-state index contributed by atoms with van der Waals surface area (Å²) in [5, 5.41) is 0. The summed E-state index contributed by atoms with van der Waals surface area (Å²) in [6.45, 7) is 6.67. The van der Waals surface area contributed by atoms with E-state index in [0.717, 1.165) is 70.6 Å². The second kappa shape index (κ2) is 65.9. The van der Waals surface area contributed by atoms with Gasteiger partial charge in [-0.3, -0.25) is 14.4 Å². The molecule has 0 aromatic heterocycles. The van der Waals surface area contributed by atoms with Gasteiger partial charge in [-0.25, -0.2) is 0 Å². The molecule has 0 radical (unpaired) electrons. The van der Waals surface area contributed by atoms with Crippen LogP contribution in [-0.2, 0) is 28.6 Å². The van der Waals surface area contributed by atoms with E-state index in [2.05, 4.69) is 69.4 Å². The van der Waals surface area contributed by atoms with Gasteiger partial charge in [-0.1, -0.05) is 313 Å². The van der Waals surface area contributed by atoms with Crippen molar-refractivity contribution in [2.24, 2.45) is 0 Å². The molecular weight excluding hydrogens is 949 g/mol. The Morgan fingerprint density at radius 1 is 0.260 bits per heavy atom. The molecule has 0 heterocycles. The van der Waals surface area contributed by atoms with Crippen molar-refractivity contribution in [1.29, 1.82) is 0 Å². The molecule has 0 bridgehead atoms. The van der Waals surface area contributed by atoms with E-state index in [4.69, 9.17) is 14.2 Å². The average molecular weight is 1080 g/mol. The zero-order valence-corrected chi connectivity index (χ0v) is 51.7. The molecule has 0 aromatic carbocycles. The highest BCUT2D eigenvalue weighted by molar-refractivity contribution is 5.71. The lowest BCUT2D eigenvalue weighted by atomic mass is 10.0. The van der Waals surface area contributed by atoms with Crippen molar-refractivity contribution >= 4 is 17.9 Å². The summed E-state index contributed by atoms with van der Waals surface area (Å²) in [5.41, 5.74) is 0. The van der Waals surface area contributed by atoms with Crippen LogP contribution in [0.5, 0.6) is 0 Å². The first-order valence-electron chi connectivity index (χ1n) is 34.1. The van der Waals surface area contributed by atoms with Crippen LogP contribution in [0.1, 0.15) is 367 Å². The van der Waals surface area contributed by atoms with Crippen LogP contribution >= 0.6 is 0 Å². The fraction of sp³-hybridized carbons (Fsp3) is 0.845. The van der Waals surface area contributed by atoms with Gasteiger partial charge in [0.15, 0.2) is 6.10 Å². The number of allylic oxidation sites excluding steroid dienone is 8. The Balaban J connectivity index is 4.32. The first-order chi connectivity index (χ1) is 38.0. The van der Waals surface area contributed by atoms with Crippen molar-refractivity contribution in [1.82, 2.24) is 0 Å². The minimum atomic E-state index is -0.775. The fourth-order valence-corrected chi connectivity index (χ4v) is 10.2. The van der Waals surface area contributed by atoms with Gasteiger partial charge in [-0.15, -0.1) is 0 Å². The van der Waals surface area contributed by atoms with Crippen LogP contribution in [0, 0.1) is 0 Å². The van der Waals surface area contributed by atoms with Crippen LogP contribution in [0.25, 0.3) is 0 Å². The predicted molar refractivity (Wildman–Crippen MR) is 335 cm³/mol.